The minimum atomic E-state index is -0.0769. The number of nitrogens with zero attached hydrogens (tertiary/aromatic N) is 2. The molecule has 2 aliphatic heterocycles. The van der Waals surface area contributed by atoms with Crippen molar-refractivity contribution in [3.8, 4) is 0 Å². The van der Waals surface area contributed by atoms with Gasteiger partial charge in [-0.25, -0.2) is 0 Å². The number of rotatable bonds is 3. The number of likely N-dealkylation sites (tertiary alicyclic amines) is 1. The normalized spacial score (nSPS) is 35.4. The summed E-state index contributed by atoms with van der Waals surface area (Å²) in [5, 5.41) is 8.96. The molecule has 3 N–H and O–H groups in total. The lowest BCUT2D eigenvalue weighted by Crippen LogP contribution is -2.43. The molecule has 88 valence electrons. The Kier molecular flexibility index (Phi) is 3.61. The van der Waals surface area contributed by atoms with Crippen molar-refractivity contribution in [3.63, 3.8) is 0 Å². The quantitative estimate of drug-likeness (QED) is 0.662. The van der Waals surface area contributed by atoms with Gasteiger partial charge in [0.2, 0.25) is 0 Å². The van der Waals surface area contributed by atoms with E-state index in [1.165, 1.54) is 19.3 Å². The number of likely N-dealkylation sites (N-methyl/N-ethyl adjacent to an activating group) is 1. The molecule has 4 nitrogen and oxygen atoms in total. The highest BCUT2D eigenvalue weighted by Crippen LogP contribution is 2.28. The van der Waals surface area contributed by atoms with E-state index in [9.17, 15) is 0 Å². The maximum absolute atomic E-state index is 8.96. The summed E-state index contributed by atoms with van der Waals surface area (Å²) in [6.07, 6.45) is 3.94. The second-order valence-electron chi connectivity index (χ2n) is 5.04. The van der Waals surface area contributed by atoms with Gasteiger partial charge in [-0.15, -0.1) is 0 Å². The molecule has 2 heterocycles. The van der Waals surface area contributed by atoms with Crippen LogP contribution in [0, 0.1) is 0 Å². The molecule has 15 heavy (non-hydrogen) atoms. The molecule has 0 aromatic rings. The second-order valence-corrected chi connectivity index (χ2v) is 5.04. The summed E-state index contributed by atoms with van der Waals surface area (Å²) >= 11 is 0. The average Bonchev–Trinajstić information content (AvgIpc) is 2.46. The molecule has 3 unspecified atom stereocenters. The Hall–Kier alpha value is -0.160. The third-order valence-corrected chi connectivity index (χ3v) is 3.96. The molecule has 0 radical (unpaired) electrons. The standard InChI is InChI=1S/C11H23N3O/c1-13-10-2-3-11(13)7-14(5-4-10)6-9(12)8-15/h9-11,15H,2-8,12H2,1H3. The smallest absolute Gasteiger partial charge is 0.0595 e. The summed E-state index contributed by atoms with van der Waals surface area (Å²) < 4.78 is 0. The van der Waals surface area contributed by atoms with E-state index in [2.05, 4.69) is 16.8 Å². The highest BCUT2D eigenvalue weighted by atomic mass is 16.3. The minimum Gasteiger partial charge on any atom is -0.395 e. The first-order valence-electron chi connectivity index (χ1n) is 6.01. The van der Waals surface area contributed by atoms with E-state index in [-0.39, 0.29) is 12.6 Å². The molecule has 2 aliphatic rings. The highest BCUT2D eigenvalue weighted by Gasteiger charge is 2.34. The lowest BCUT2D eigenvalue weighted by molar-refractivity contribution is 0.184. The first kappa shape index (κ1) is 11.3. The van der Waals surface area contributed by atoms with Gasteiger partial charge in [0.15, 0.2) is 0 Å². The van der Waals surface area contributed by atoms with Crippen LogP contribution in [0.5, 0.6) is 0 Å². The molecule has 0 saturated carbocycles. The molecule has 2 saturated heterocycles. The molecular weight excluding hydrogens is 190 g/mol. The number of hydrogen-bond donors (Lipinski definition) is 2. The first-order chi connectivity index (χ1) is 7.20. The molecule has 2 fully saturated rings. The number of aliphatic hydroxyl groups is 1. The molecule has 0 spiro atoms. The van der Waals surface area contributed by atoms with Crippen LogP contribution in [0.2, 0.25) is 0 Å². The van der Waals surface area contributed by atoms with Crippen LogP contribution in [0.4, 0.5) is 0 Å². The van der Waals surface area contributed by atoms with Crippen LogP contribution in [0.3, 0.4) is 0 Å². The maximum Gasteiger partial charge on any atom is 0.0595 e. The summed E-state index contributed by atoms with van der Waals surface area (Å²) in [7, 11) is 2.25. The maximum atomic E-state index is 8.96. The van der Waals surface area contributed by atoms with Crippen molar-refractivity contribution in [2.24, 2.45) is 5.73 Å². The third kappa shape index (κ3) is 2.50. The Morgan fingerprint density at radius 1 is 1.33 bits per heavy atom. The summed E-state index contributed by atoms with van der Waals surface area (Å²) in [4.78, 5) is 4.95. The van der Waals surface area contributed by atoms with Crippen molar-refractivity contribution in [1.29, 1.82) is 0 Å². The summed E-state index contributed by atoms with van der Waals surface area (Å²) in [6, 6.07) is 1.42. The largest absolute Gasteiger partial charge is 0.395 e. The monoisotopic (exact) mass is 213 g/mol. The zero-order chi connectivity index (χ0) is 10.8. The van der Waals surface area contributed by atoms with Gasteiger partial charge in [0.1, 0.15) is 0 Å². The van der Waals surface area contributed by atoms with E-state index in [0.29, 0.717) is 6.04 Å². The Balaban J connectivity index is 1.89. The van der Waals surface area contributed by atoms with Crippen LogP contribution < -0.4 is 5.73 Å². The van der Waals surface area contributed by atoms with E-state index < -0.39 is 0 Å². The van der Waals surface area contributed by atoms with Crippen molar-refractivity contribution in [2.75, 3.05) is 33.3 Å². The van der Waals surface area contributed by atoms with Crippen molar-refractivity contribution in [3.05, 3.63) is 0 Å². The molecule has 2 bridgehead atoms. The molecule has 2 rings (SSSR count). The lowest BCUT2D eigenvalue weighted by Gasteiger charge is -2.27. The Morgan fingerprint density at radius 3 is 2.80 bits per heavy atom. The molecule has 0 amide bonds. The predicted octanol–water partition coefficient (Wildman–Crippen LogP) is -0.525. The van der Waals surface area contributed by atoms with Crippen LogP contribution in [0.1, 0.15) is 19.3 Å². The summed E-state index contributed by atoms with van der Waals surface area (Å²) in [6.45, 7) is 3.20. The van der Waals surface area contributed by atoms with Crippen LogP contribution in [0.25, 0.3) is 0 Å². The van der Waals surface area contributed by atoms with Gasteiger partial charge in [-0.3, -0.25) is 4.90 Å². The molecular formula is C11H23N3O. The number of aliphatic hydroxyl groups excluding tert-OH is 1. The van der Waals surface area contributed by atoms with E-state index in [0.717, 1.165) is 25.7 Å². The number of hydrogen-bond acceptors (Lipinski definition) is 4. The van der Waals surface area contributed by atoms with Crippen LogP contribution >= 0.6 is 0 Å². The minimum absolute atomic E-state index is 0.0769. The van der Waals surface area contributed by atoms with Crippen molar-refractivity contribution in [2.45, 2.75) is 37.4 Å². The van der Waals surface area contributed by atoms with Crippen LogP contribution in [-0.2, 0) is 0 Å². The zero-order valence-electron chi connectivity index (χ0n) is 9.60. The van der Waals surface area contributed by atoms with Gasteiger partial charge in [-0.1, -0.05) is 0 Å². The number of nitrogens with two attached hydrogens (primary N) is 1. The van der Waals surface area contributed by atoms with Crippen molar-refractivity contribution < 1.29 is 5.11 Å². The van der Waals surface area contributed by atoms with E-state index in [1.54, 1.807) is 0 Å². The van der Waals surface area contributed by atoms with E-state index in [1.807, 2.05) is 0 Å². The molecule has 4 heteroatoms. The second kappa shape index (κ2) is 4.78. The molecule has 3 atom stereocenters. The molecule has 0 aromatic heterocycles. The SMILES string of the molecule is CN1C2CCC1CN(CC(N)CO)CC2. The lowest BCUT2D eigenvalue weighted by atomic mass is 10.1. The average molecular weight is 213 g/mol. The first-order valence-corrected chi connectivity index (χ1v) is 6.01. The van der Waals surface area contributed by atoms with Gasteiger partial charge in [0.05, 0.1) is 6.61 Å². The van der Waals surface area contributed by atoms with Gasteiger partial charge in [-0.2, -0.15) is 0 Å². The Bertz CT molecular complexity index is 212. The van der Waals surface area contributed by atoms with E-state index in [4.69, 9.17) is 10.8 Å². The Labute approximate surface area is 92.0 Å². The van der Waals surface area contributed by atoms with Crippen LogP contribution in [0.15, 0.2) is 0 Å². The summed E-state index contributed by atoms with van der Waals surface area (Å²) in [5.74, 6) is 0. The fourth-order valence-electron chi connectivity index (χ4n) is 2.93. The molecule has 0 aliphatic carbocycles. The topological polar surface area (TPSA) is 52.7 Å². The summed E-state index contributed by atoms with van der Waals surface area (Å²) in [5.41, 5.74) is 5.78. The predicted molar refractivity (Wildman–Crippen MR) is 60.7 cm³/mol. The van der Waals surface area contributed by atoms with Gasteiger partial charge in [-0.05, 0) is 32.9 Å². The van der Waals surface area contributed by atoms with E-state index >= 15 is 0 Å². The molecule has 0 aromatic carbocycles. The third-order valence-electron chi connectivity index (χ3n) is 3.96. The van der Waals surface area contributed by atoms with Crippen molar-refractivity contribution >= 4 is 0 Å². The highest BCUT2D eigenvalue weighted by molar-refractivity contribution is 4.91. The fourth-order valence-corrected chi connectivity index (χ4v) is 2.93. The number of fused-ring (bicyclic) bond motifs is 2. The van der Waals surface area contributed by atoms with Crippen LogP contribution in [-0.4, -0.2) is 66.3 Å². The van der Waals surface area contributed by atoms with Gasteiger partial charge < -0.3 is 15.7 Å². The van der Waals surface area contributed by atoms with Crippen molar-refractivity contribution in [1.82, 2.24) is 9.80 Å². The van der Waals surface area contributed by atoms with Gasteiger partial charge in [0.25, 0.3) is 0 Å². The van der Waals surface area contributed by atoms with Gasteiger partial charge in [0, 0.05) is 31.2 Å². The van der Waals surface area contributed by atoms with Gasteiger partial charge >= 0.3 is 0 Å². The Morgan fingerprint density at radius 2 is 2.07 bits per heavy atom. The fraction of sp³-hybridized carbons (Fsp3) is 1.00. The zero-order valence-corrected chi connectivity index (χ0v) is 9.60.